The van der Waals surface area contributed by atoms with Crippen molar-refractivity contribution in [1.29, 1.82) is 0 Å². The van der Waals surface area contributed by atoms with E-state index in [-0.39, 0.29) is 23.7 Å². The van der Waals surface area contributed by atoms with Crippen LogP contribution in [0.3, 0.4) is 0 Å². The van der Waals surface area contributed by atoms with Crippen molar-refractivity contribution in [3.63, 3.8) is 0 Å². The number of rotatable bonds is 4. The lowest BCUT2D eigenvalue weighted by Gasteiger charge is -2.37. The molecule has 0 radical (unpaired) electrons. The van der Waals surface area contributed by atoms with Crippen LogP contribution in [0.1, 0.15) is 55.1 Å². The molecule has 4 aromatic rings. The minimum Gasteiger partial charge on any atom is -0.485 e. The number of Topliss-reactive ketones (excluding diaryl/α,β-unsaturated/α-hetero) is 1. The van der Waals surface area contributed by atoms with Crippen molar-refractivity contribution in [2.45, 2.75) is 46.1 Å². The zero-order valence-electron chi connectivity index (χ0n) is 20.0. The number of hydrogen-bond donors (Lipinski definition) is 0. The van der Waals surface area contributed by atoms with E-state index in [1.165, 1.54) is 0 Å². The number of ketones is 1. The number of para-hydroxylation sites is 1. The summed E-state index contributed by atoms with van der Waals surface area (Å²) in [5.74, 6) is 2.32. The van der Waals surface area contributed by atoms with E-state index in [1.807, 2.05) is 61.5 Å². The summed E-state index contributed by atoms with van der Waals surface area (Å²) in [6.07, 6.45) is 2.78. The molecule has 3 heterocycles. The van der Waals surface area contributed by atoms with Gasteiger partial charge in [0.2, 0.25) is 5.88 Å². The van der Waals surface area contributed by atoms with Crippen molar-refractivity contribution in [2.24, 2.45) is 5.41 Å². The molecule has 35 heavy (non-hydrogen) atoms. The number of hydrogen-bond acceptors (Lipinski definition) is 6. The van der Waals surface area contributed by atoms with Gasteiger partial charge in [0.15, 0.2) is 17.3 Å². The lowest BCUT2D eigenvalue weighted by Crippen LogP contribution is -2.33. The predicted molar refractivity (Wildman–Crippen MR) is 130 cm³/mol. The fourth-order valence-corrected chi connectivity index (χ4v) is 5.09. The number of aromatic nitrogens is 4. The van der Waals surface area contributed by atoms with Gasteiger partial charge in [0, 0.05) is 24.3 Å². The number of benzene rings is 2. The lowest BCUT2D eigenvalue weighted by molar-refractivity contribution is -0.118. The lowest BCUT2D eigenvalue weighted by atomic mass is 9.70. The highest BCUT2D eigenvalue weighted by atomic mass is 16.5. The maximum absolute atomic E-state index is 13.4. The third kappa shape index (κ3) is 3.77. The number of allylic oxidation sites excluding steroid dienone is 2. The summed E-state index contributed by atoms with van der Waals surface area (Å²) in [4.78, 5) is 22.8. The van der Waals surface area contributed by atoms with Crippen LogP contribution >= 0.6 is 0 Å². The Hall–Kier alpha value is -4.00. The van der Waals surface area contributed by atoms with Crippen LogP contribution in [0.15, 0.2) is 72.3 Å². The number of fused-ring (bicyclic) bond motifs is 3. The summed E-state index contributed by atoms with van der Waals surface area (Å²) < 4.78 is 13.9. The fraction of sp³-hybridized carbons (Fsp3) is 0.286. The molecule has 2 aliphatic rings. The molecule has 7 heteroatoms. The molecule has 1 aliphatic heterocycles. The van der Waals surface area contributed by atoms with Crippen molar-refractivity contribution >= 4 is 11.4 Å². The van der Waals surface area contributed by atoms with Crippen LogP contribution in [-0.2, 0) is 11.4 Å². The van der Waals surface area contributed by atoms with Crippen LogP contribution in [0.5, 0.6) is 11.6 Å². The zero-order valence-corrected chi connectivity index (χ0v) is 20.0. The molecule has 6 rings (SSSR count). The van der Waals surface area contributed by atoms with Gasteiger partial charge in [0.05, 0.1) is 5.56 Å². The largest absolute Gasteiger partial charge is 0.485 e. The van der Waals surface area contributed by atoms with E-state index < -0.39 is 0 Å². The van der Waals surface area contributed by atoms with Crippen molar-refractivity contribution in [3.8, 4) is 11.6 Å². The molecule has 0 bridgehead atoms. The van der Waals surface area contributed by atoms with Gasteiger partial charge in [-0.15, -0.1) is 5.10 Å². The first kappa shape index (κ1) is 21.5. The van der Waals surface area contributed by atoms with E-state index in [0.717, 1.165) is 22.4 Å². The molecular weight excluding hydrogens is 440 g/mol. The Morgan fingerprint density at radius 2 is 1.86 bits per heavy atom. The molecule has 0 saturated heterocycles. The summed E-state index contributed by atoms with van der Waals surface area (Å²) in [7, 11) is 0. The average molecular weight is 467 g/mol. The third-order valence-corrected chi connectivity index (χ3v) is 6.69. The Morgan fingerprint density at radius 1 is 1.09 bits per heavy atom. The first-order valence-electron chi connectivity index (χ1n) is 11.8. The van der Waals surface area contributed by atoms with Gasteiger partial charge >= 0.3 is 0 Å². The van der Waals surface area contributed by atoms with Crippen molar-refractivity contribution in [1.82, 2.24) is 19.6 Å². The number of ether oxygens (including phenoxy) is 2. The normalized spacial score (nSPS) is 18.7. The molecule has 2 aromatic carbocycles. The summed E-state index contributed by atoms with van der Waals surface area (Å²) >= 11 is 0. The fourth-order valence-electron chi connectivity index (χ4n) is 5.09. The highest BCUT2D eigenvalue weighted by molar-refractivity contribution is 6.00. The van der Waals surface area contributed by atoms with E-state index in [1.54, 1.807) is 10.8 Å². The van der Waals surface area contributed by atoms with E-state index in [9.17, 15) is 4.79 Å². The average Bonchev–Trinajstić information content (AvgIpc) is 3.25. The molecule has 0 fully saturated rings. The monoisotopic (exact) mass is 466 g/mol. The van der Waals surface area contributed by atoms with Crippen LogP contribution in [0, 0.1) is 12.3 Å². The number of carbonyl (C=O) groups excluding carboxylic acids is 1. The smallest absolute Gasteiger partial charge is 0.228 e. The Morgan fingerprint density at radius 3 is 2.66 bits per heavy atom. The van der Waals surface area contributed by atoms with Crippen LogP contribution < -0.4 is 9.47 Å². The molecule has 1 atom stereocenters. The van der Waals surface area contributed by atoms with Crippen molar-refractivity contribution in [2.75, 3.05) is 0 Å². The quantitative estimate of drug-likeness (QED) is 0.412. The predicted octanol–water partition coefficient (Wildman–Crippen LogP) is 5.18. The van der Waals surface area contributed by atoms with Crippen LogP contribution in [0.4, 0.5) is 0 Å². The second-order valence-electron chi connectivity index (χ2n) is 10.0. The van der Waals surface area contributed by atoms with Gasteiger partial charge in [-0.2, -0.15) is 0 Å². The number of nitrogens with zero attached hydrogens (tertiary/aromatic N) is 4. The SMILES string of the molecule is Cc1ccccc1OCc1nc2c3c(ncn2n1)OC1=C(C(=O)CC(C)(C)C1)C3c1ccccc1. The van der Waals surface area contributed by atoms with Crippen LogP contribution in [0.2, 0.25) is 0 Å². The first-order chi connectivity index (χ1) is 16.9. The molecule has 0 saturated carbocycles. The summed E-state index contributed by atoms with van der Waals surface area (Å²) in [6, 6.07) is 17.9. The molecule has 7 nitrogen and oxygen atoms in total. The third-order valence-electron chi connectivity index (χ3n) is 6.69. The molecular formula is C28H26N4O3. The molecule has 0 amide bonds. The van der Waals surface area contributed by atoms with Crippen molar-refractivity contribution in [3.05, 3.63) is 94.8 Å². The maximum Gasteiger partial charge on any atom is 0.228 e. The van der Waals surface area contributed by atoms with Crippen LogP contribution in [0.25, 0.3) is 5.65 Å². The molecule has 0 N–H and O–H groups in total. The van der Waals surface area contributed by atoms with E-state index in [0.29, 0.717) is 41.5 Å². The second-order valence-corrected chi connectivity index (χ2v) is 10.0. The number of aryl methyl sites for hydroxylation is 1. The Kier molecular flexibility index (Phi) is 4.95. The van der Waals surface area contributed by atoms with Gasteiger partial charge in [-0.05, 0) is 29.5 Å². The summed E-state index contributed by atoms with van der Waals surface area (Å²) in [5.41, 5.74) is 3.99. The second kappa shape index (κ2) is 8.05. The Labute approximate surface area is 203 Å². The molecule has 1 aliphatic carbocycles. The molecule has 176 valence electrons. The molecule has 1 unspecified atom stereocenters. The van der Waals surface area contributed by atoms with E-state index in [4.69, 9.17) is 14.5 Å². The highest BCUT2D eigenvalue weighted by Crippen LogP contribution is 2.50. The molecule has 0 spiro atoms. The minimum absolute atomic E-state index is 0.111. The van der Waals surface area contributed by atoms with E-state index >= 15 is 0 Å². The van der Waals surface area contributed by atoms with Crippen molar-refractivity contribution < 1.29 is 14.3 Å². The van der Waals surface area contributed by atoms with Gasteiger partial charge in [0.1, 0.15) is 24.4 Å². The van der Waals surface area contributed by atoms with Crippen LogP contribution in [-0.4, -0.2) is 25.4 Å². The van der Waals surface area contributed by atoms with Gasteiger partial charge in [0.25, 0.3) is 0 Å². The summed E-state index contributed by atoms with van der Waals surface area (Å²) in [5, 5.41) is 4.60. The summed E-state index contributed by atoms with van der Waals surface area (Å²) in [6.45, 7) is 6.42. The van der Waals surface area contributed by atoms with Gasteiger partial charge in [-0.1, -0.05) is 62.4 Å². The van der Waals surface area contributed by atoms with Gasteiger partial charge in [-0.25, -0.2) is 14.5 Å². The first-order valence-corrected chi connectivity index (χ1v) is 11.8. The highest BCUT2D eigenvalue weighted by Gasteiger charge is 2.43. The Bertz CT molecular complexity index is 1490. The van der Waals surface area contributed by atoms with E-state index in [2.05, 4.69) is 23.9 Å². The topological polar surface area (TPSA) is 78.6 Å². The standard InChI is InChI=1S/C28H26N4O3/c1-17-9-7-8-12-20(17)34-15-22-30-26-25-23(18-10-5-4-6-11-18)24-19(33)13-28(2,3)14-21(24)35-27(25)29-16-32(26)31-22/h4-12,16,23H,13-15H2,1-3H3. The number of carbonyl (C=O) groups is 1. The zero-order chi connectivity index (χ0) is 24.2. The minimum atomic E-state index is -0.316. The van der Waals surface area contributed by atoms with Gasteiger partial charge < -0.3 is 9.47 Å². The maximum atomic E-state index is 13.4. The van der Waals surface area contributed by atoms with Gasteiger partial charge in [-0.3, -0.25) is 4.79 Å². The molecule has 2 aromatic heterocycles. The Balaban J connectivity index is 1.46.